The molecular weight excluding hydrogens is 492 g/mol. The Morgan fingerprint density at radius 2 is 2.03 bits per heavy atom. The molecule has 11 heteroatoms. The molecule has 1 unspecified atom stereocenters. The number of alkyl halides is 2. The van der Waals surface area contributed by atoms with E-state index in [9.17, 15) is 13.9 Å². The van der Waals surface area contributed by atoms with Crippen molar-refractivity contribution >= 4 is 45.2 Å². The van der Waals surface area contributed by atoms with Crippen LogP contribution in [-0.4, -0.2) is 62.0 Å². The van der Waals surface area contributed by atoms with Gasteiger partial charge in [0.15, 0.2) is 22.5 Å². The summed E-state index contributed by atoms with van der Waals surface area (Å²) in [5.41, 5.74) is 0.305. The van der Waals surface area contributed by atoms with Crippen LogP contribution in [0.5, 0.6) is 11.5 Å². The average Bonchev–Trinajstić information content (AvgIpc) is 3.18. The van der Waals surface area contributed by atoms with Gasteiger partial charge >= 0.3 is 0 Å². The van der Waals surface area contributed by atoms with Crippen LogP contribution in [0.4, 0.5) is 4.39 Å². The molecule has 1 aromatic heterocycles. The highest BCUT2D eigenvalue weighted by Gasteiger charge is 2.44. The molecule has 1 aliphatic heterocycles. The Morgan fingerprint density at radius 1 is 1.24 bits per heavy atom. The van der Waals surface area contributed by atoms with Crippen molar-refractivity contribution in [3.05, 3.63) is 53.2 Å². The van der Waals surface area contributed by atoms with Gasteiger partial charge in [0.2, 0.25) is 0 Å². The number of rotatable bonds is 9. The fourth-order valence-corrected chi connectivity index (χ4v) is 4.67. The predicted octanol–water partition coefficient (Wildman–Crippen LogP) is 4.36. The molecule has 33 heavy (non-hydrogen) atoms. The summed E-state index contributed by atoms with van der Waals surface area (Å²) in [6, 6.07) is 12.8. The molecule has 1 N–H and O–H groups in total. The first kappa shape index (κ1) is 23.8. The standard InChI is InChI=1S/C22H20Cl2FN3O4S/c23-4-6-31-21-16(10-26)7-17(9-19(21)24)28-5-3-15-8-18(1-2-20(15)28)32-13-22(25)11-27(12-22)14-33(29)30/h1-3,5,7-9H,4,6,11-14H2,(H,29,30). The molecule has 0 spiro atoms. The molecule has 2 aromatic carbocycles. The van der Waals surface area contributed by atoms with Gasteiger partial charge in [-0.1, -0.05) is 11.6 Å². The second kappa shape index (κ2) is 9.87. The monoisotopic (exact) mass is 511 g/mol. The van der Waals surface area contributed by atoms with E-state index in [1.807, 2.05) is 22.9 Å². The Labute approximate surface area is 202 Å². The fraction of sp³-hybridized carbons (Fsp3) is 0.318. The van der Waals surface area contributed by atoms with Crippen LogP contribution in [0.3, 0.4) is 0 Å². The molecular formula is C22H20Cl2FN3O4S. The number of aromatic nitrogens is 1. The van der Waals surface area contributed by atoms with Crippen LogP contribution in [-0.2, 0) is 11.1 Å². The first-order valence-electron chi connectivity index (χ1n) is 9.97. The molecule has 1 atom stereocenters. The lowest BCUT2D eigenvalue weighted by Gasteiger charge is -2.43. The molecule has 0 radical (unpaired) electrons. The topological polar surface area (TPSA) is 87.7 Å². The van der Waals surface area contributed by atoms with E-state index in [1.165, 1.54) is 0 Å². The minimum atomic E-state index is -1.98. The minimum Gasteiger partial charge on any atom is -0.490 e. The van der Waals surface area contributed by atoms with Crippen LogP contribution in [0, 0.1) is 11.3 Å². The van der Waals surface area contributed by atoms with Gasteiger partial charge in [-0.25, -0.2) is 8.60 Å². The van der Waals surface area contributed by atoms with Crippen LogP contribution in [0.1, 0.15) is 5.56 Å². The Morgan fingerprint density at radius 3 is 2.73 bits per heavy atom. The molecule has 1 fully saturated rings. The summed E-state index contributed by atoms with van der Waals surface area (Å²) in [6.07, 6.45) is 1.84. The number of hydrogen-bond acceptors (Lipinski definition) is 5. The number of nitriles is 1. The number of halogens is 3. The van der Waals surface area contributed by atoms with Crippen molar-refractivity contribution in [2.24, 2.45) is 0 Å². The molecule has 0 bridgehead atoms. The van der Waals surface area contributed by atoms with Gasteiger partial charge in [0, 0.05) is 30.4 Å². The number of fused-ring (bicyclic) bond motifs is 1. The van der Waals surface area contributed by atoms with Gasteiger partial charge in [0.1, 0.15) is 30.9 Å². The maximum atomic E-state index is 14.6. The SMILES string of the molecule is N#Cc1cc(-n2ccc3cc(OCC4(F)CN(CS(=O)O)C4)ccc32)cc(Cl)c1OCCCl. The molecule has 1 aliphatic rings. The van der Waals surface area contributed by atoms with E-state index in [2.05, 4.69) is 6.07 Å². The highest BCUT2D eigenvalue weighted by atomic mass is 35.5. The summed E-state index contributed by atoms with van der Waals surface area (Å²) in [4.78, 5) is 1.56. The minimum absolute atomic E-state index is 0.0600. The van der Waals surface area contributed by atoms with Crippen molar-refractivity contribution < 1.29 is 22.6 Å². The van der Waals surface area contributed by atoms with E-state index in [0.29, 0.717) is 27.8 Å². The third kappa shape index (κ3) is 5.26. The zero-order valence-electron chi connectivity index (χ0n) is 17.3. The van der Waals surface area contributed by atoms with Crippen LogP contribution < -0.4 is 9.47 Å². The molecule has 0 saturated carbocycles. The summed E-state index contributed by atoms with van der Waals surface area (Å²) in [6.45, 7) is 0.220. The fourth-order valence-electron chi connectivity index (χ4n) is 3.83. The molecule has 0 amide bonds. The number of nitrogens with zero attached hydrogens (tertiary/aromatic N) is 3. The first-order chi connectivity index (χ1) is 15.8. The van der Waals surface area contributed by atoms with Gasteiger partial charge in [-0.3, -0.25) is 4.90 Å². The maximum Gasteiger partial charge on any atom is 0.169 e. The Kier molecular flexibility index (Phi) is 7.12. The van der Waals surface area contributed by atoms with Gasteiger partial charge in [-0.2, -0.15) is 5.26 Å². The molecule has 174 valence electrons. The second-order valence-corrected chi connectivity index (χ2v) is 9.42. The summed E-state index contributed by atoms with van der Waals surface area (Å²) >= 11 is 10.1. The smallest absolute Gasteiger partial charge is 0.169 e. The Bertz CT molecular complexity index is 1240. The van der Waals surface area contributed by atoms with Gasteiger partial charge < -0.3 is 18.6 Å². The molecule has 7 nitrogen and oxygen atoms in total. The average molecular weight is 512 g/mol. The van der Waals surface area contributed by atoms with E-state index in [-0.39, 0.29) is 38.1 Å². The van der Waals surface area contributed by atoms with Crippen molar-refractivity contribution in [1.29, 1.82) is 5.26 Å². The van der Waals surface area contributed by atoms with Gasteiger partial charge in [0.05, 0.1) is 22.0 Å². The lowest BCUT2D eigenvalue weighted by atomic mass is 9.98. The number of ether oxygens (including phenoxy) is 2. The maximum absolute atomic E-state index is 14.6. The second-order valence-electron chi connectivity index (χ2n) is 7.74. The summed E-state index contributed by atoms with van der Waals surface area (Å²) in [5.74, 6) is 1.03. The van der Waals surface area contributed by atoms with Gasteiger partial charge in [-0.05, 0) is 36.4 Å². The zero-order valence-corrected chi connectivity index (χ0v) is 19.7. The predicted molar refractivity (Wildman–Crippen MR) is 126 cm³/mol. The Balaban J connectivity index is 1.50. The number of hydrogen-bond donors (Lipinski definition) is 1. The van der Waals surface area contributed by atoms with Crippen molar-refractivity contribution in [2.75, 3.05) is 38.1 Å². The highest BCUT2D eigenvalue weighted by Crippen LogP contribution is 2.34. The Hall–Kier alpha value is -2.35. The lowest BCUT2D eigenvalue weighted by molar-refractivity contribution is -0.0509. The quantitative estimate of drug-likeness (QED) is 0.339. The van der Waals surface area contributed by atoms with Crippen LogP contribution in [0.2, 0.25) is 5.02 Å². The van der Waals surface area contributed by atoms with E-state index in [0.717, 1.165) is 10.9 Å². The third-order valence-corrected chi connectivity index (χ3v) is 6.24. The first-order valence-corrected chi connectivity index (χ1v) is 12.2. The van der Waals surface area contributed by atoms with Crippen LogP contribution in [0.25, 0.3) is 16.6 Å². The van der Waals surface area contributed by atoms with Crippen molar-refractivity contribution in [2.45, 2.75) is 5.67 Å². The zero-order chi connectivity index (χ0) is 23.6. The molecule has 4 rings (SSSR count). The van der Waals surface area contributed by atoms with Gasteiger partial charge in [0.25, 0.3) is 0 Å². The molecule has 3 aromatic rings. The number of benzene rings is 2. The largest absolute Gasteiger partial charge is 0.490 e. The molecule has 2 heterocycles. The lowest BCUT2D eigenvalue weighted by Crippen LogP contribution is -2.62. The summed E-state index contributed by atoms with van der Waals surface area (Å²) < 4.78 is 47.4. The summed E-state index contributed by atoms with van der Waals surface area (Å²) in [5, 5.41) is 10.7. The van der Waals surface area contributed by atoms with Crippen molar-refractivity contribution in [3.8, 4) is 23.3 Å². The normalized spacial score (nSPS) is 16.2. The van der Waals surface area contributed by atoms with E-state index >= 15 is 0 Å². The molecule has 1 saturated heterocycles. The third-order valence-electron chi connectivity index (χ3n) is 5.22. The van der Waals surface area contributed by atoms with Crippen LogP contribution in [0.15, 0.2) is 42.6 Å². The van der Waals surface area contributed by atoms with Crippen molar-refractivity contribution in [3.63, 3.8) is 0 Å². The van der Waals surface area contributed by atoms with Crippen molar-refractivity contribution in [1.82, 2.24) is 9.47 Å². The summed E-state index contributed by atoms with van der Waals surface area (Å²) in [7, 11) is 0. The molecule has 0 aliphatic carbocycles. The number of likely N-dealkylation sites (tertiary alicyclic amines) is 1. The van der Waals surface area contributed by atoms with E-state index < -0.39 is 16.7 Å². The van der Waals surface area contributed by atoms with Crippen LogP contribution >= 0.6 is 23.2 Å². The van der Waals surface area contributed by atoms with E-state index in [1.54, 1.807) is 29.2 Å². The highest BCUT2D eigenvalue weighted by molar-refractivity contribution is 7.79. The van der Waals surface area contributed by atoms with Gasteiger partial charge in [-0.15, -0.1) is 11.6 Å². The van der Waals surface area contributed by atoms with E-state index in [4.69, 9.17) is 37.2 Å².